The molecule has 1 aliphatic rings. The van der Waals surface area contributed by atoms with Gasteiger partial charge >= 0.3 is 0 Å². The van der Waals surface area contributed by atoms with Crippen LogP contribution in [0.1, 0.15) is 19.8 Å². The Hall–Kier alpha value is -1.37. The molecule has 1 heterocycles. The molecule has 1 rings (SSSR count). The fourth-order valence-corrected chi connectivity index (χ4v) is 1.97. The molecule has 0 radical (unpaired) electrons. The highest BCUT2D eigenvalue weighted by Gasteiger charge is 2.27. The van der Waals surface area contributed by atoms with Gasteiger partial charge in [0.2, 0.25) is 5.91 Å². The Morgan fingerprint density at radius 1 is 1.62 bits per heavy atom. The van der Waals surface area contributed by atoms with Crippen LogP contribution >= 0.6 is 0 Å². The number of rotatable bonds is 4. The Balaban J connectivity index is 2.36. The first-order chi connectivity index (χ1) is 7.54. The van der Waals surface area contributed by atoms with E-state index < -0.39 is 11.2 Å². The average molecular weight is 231 g/mol. The molecule has 1 unspecified atom stereocenters. The van der Waals surface area contributed by atoms with Crippen molar-refractivity contribution in [3.8, 4) is 0 Å². The summed E-state index contributed by atoms with van der Waals surface area (Å²) in [5.41, 5.74) is 5.26. The van der Waals surface area contributed by atoms with Crippen LogP contribution in [0.15, 0.2) is 0 Å². The molecule has 1 fully saturated rings. The van der Waals surface area contributed by atoms with Gasteiger partial charge in [0.05, 0.1) is 6.54 Å². The predicted molar refractivity (Wildman–Crippen MR) is 55.9 cm³/mol. The maximum absolute atomic E-state index is 11.3. The number of nitrogens with two attached hydrogens (primary N) is 1. The molecule has 1 aliphatic heterocycles. The van der Waals surface area contributed by atoms with Gasteiger partial charge in [0, 0.05) is 13.1 Å². The lowest BCUT2D eigenvalue weighted by Gasteiger charge is -2.33. The Bertz CT molecular complexity index is 263. The monoisotopic (exact) mass is 231 g/mol. The molecule has 92 valence electrons. The van der Waals surface area contributed by atoms with Gasteiger partial charge in [-0.25, -0.2) is 0 Å². The standard InChI is InChI=1S/C9H17N3O4/c1-7(16-12(14)15)8-2-4-11(5-3-8)9(13)6-10/h7-8H,2-6,10H2,1H3. The highest BCUT2D eigenvalue weighted by molar-refractivity contribution is 5.78. The van der Waals surface area contributed by atoms with Crippen LogP contribution in [0.2, 0.25) is 0 Å². The third-order valence-electron chi connectivity index (χ3n) is 2.98. The van der Waals surface area contributed by atoms with Gasteiger partial charge in [-0.05, 0) is 25.7 Å². The molecule has 0 aliphatic carbocycles. The minimum atomic E-state index is -0.762. The maximum Gasteiger partial charge on any atom is 0.294 e. The molecular weight excluding hydrogens is 214 g/mol. The van der Waals surface area contributed by atoms with Crippen molar-refractivity contribution in [1.82, 2.24) is 4.90 Å². The Morgan fingerprint density at radius 2 is 2.19 bits per heavy atom. The van der Waals surface area contributed by atoms with E-state index in [-0.39, 0.29) is 18.4 Å². The van der Waals surface area contributed by atoms with E-state index in [4.69, 9.17) is 5.73 Å². The zero-order valence-corrected chi connectivity index (χ0v) is 9.30. The van der Waals surface area contributed by atoms with Crippen LogP contribution in [0.4, 0.5) is 0 Å². The normalized spacial score (nSPS) is 19.2. The molecule has 0 saturated carbocycles. The summed E-state index contributed by atoms with van der Waals surface area (Å²) >= 11 is 0. The molecule has 0 aromatic rings. The van der Waals surface area contributed by atoms with E-state index in [9.17, 15) is 14.9 Å². The van der Waals surface area contributed by atoms with Crippen molar-refractivity contribution in [3.05, 3.63) is 10.1 Å². The third-order valence-corrected chi connectivity index (χ3v) is 2.98. The number of amides is 1. The van der Waals surface area contributed by atoms with Gasteiger partial charge in [0.25, 0.3) is 5.09 Å². The van der Waals surface area contributed by atoms with Gasteiger partial charge in [-0.15, -0.1) is 10.1 Å². The maximum atomic E-state index is 11.3. The molecule has 0 aromatic heterocycles. The minimum absolute atomic E-state index is 0.0195. The van der Waals surface area contributed by atoms with Crippen molar-refractivity contribution in [2.24, 2.45) is 11.7 Å². The lowest BCUT2D eigenvalue weighted by atomic mass is 9.92. The summed E-state index contributed by atoms with van der Waals surface area (Å²) in [7, 11) is 0. The lowest BCUT2D eigenvalue weighted by Crippen LogP contribution is -2.43. The number of likely N-dealkylation sites (tertiary alicyclic amines) is 1. The van der Waals surface area contributed by atoms with Gasteiger partial charge in [0.1, 0.15) is 6.10 Å². The van der Waals surface area contributed by atoms with Crippen LogP contribution in [0.3, 0.4) is 0 Å². The van der Waals surface area contributed by atoms with Crippen LogP contribution in [-0.2, 0) is 9.63 Å². The van der Waals surface area contributed by atoms with E-state index in [0.29, 0.717) is 13.1 Å². The van der Waals surface area contributed by atoms with Gasteiger partial charge in [-0.2, -0.15) is 0 Å². The topological polar surface area (TPSA) is 98.7 Å². The molecule has 1 atom stereocenters. The highest BCUT2D eigenvalue weighted by atomic mass is 17.0. The molecule has 1 saturated heterocycles. The second-order valence-electron chi connectivity index (χ2n) is 3.96. The summed E-state index contributed by atoms with van der Waals surface area (Å²) in [6.45, 7) is 2.91. The van der Waals surface area contributed by atoms with E-state index in [1.165, 1.54) is 0 Å². The number of nitrogens with zero attached hydrogens (tertiary/aromatic N) is 2. The summed E-state index contributed by atoms with van der Waals surface area (Å²) in [6.07, 6.45) is 1.03. The van der Waals surface area contributed by atoms with Gasteiger partial charge in [0.15, 0.2) is 0 Å². The van der Waals surface area contributed by atoms with E-state index >= 15 is 0 Å². The van der Waals surface area contributed by atoms with E-state index in [2.05, 4.69) is 4.84 Å². The average Bonchev–Trinajstić information content (AvgIpc) is 2.27. The zero-order chi connectivity index (χ0) is 12.1. The minimum Gasteiger partial charge on any atom is -0.342 e. The van der Waals surface area contributed by atoms with Crippen molar-refractivity contribution in [3.63, 3.8) is 0 Å². The van der Waals surface area contributed by atoms with Crippen molar-refractivity contribution in [2.75, 3.05) is 19.6 Å². The molecule has 16 heavy (non-hydrogen) atoms. The molecule has 2 N–H and O–H groups in total. The summed E-state index contributed by atoms with van der Waals surface area (Å²) in [5.74, 6) is 0.0634. The second kappa shape index (κ2) is 5.64. The zero-order valence-electron chi connectivity index (χ0n) is 9.30. The largest absolute Gasteiger partial charge is 0.342 e. The quantitative estimate of drug-likeness (QED) is 0.532. The smallest absolute Gasteiger partial charge is 0.294 e. The van der Waals surface area contributed by atoms with Gasteiger partial charge in [-0.3, -0.25) is 4.79 Å². The van der Waals surface area contributed by atoms with Crippen molar-refractivity contribution < 1.29 is 14.7 Å². The number of piperidine rings is 1. The second-order valence-corrected chi connectivity index (χ2v) is 3.96. The molecule has 7 nitrogen and oxygen atoms in total. The molecule has 7 heteroatoms. The Kier molecular flexibility index (Phi) is 4.48. The van der Waals surface area contributed by atoms with Crippen LogP contribution < -0.4 is 5.73 Å². The van der Waals surface area contributed by atoms with E-state index in [0.717, 1.165) is 12.8 Å². The SMILES string of the molecule is CC(O[N+](=O)[O-])C1CCN(C(=O)CN)CC1. The molecular formula is C9H17N3O4. The first-order valence-corrected chi connectivity index (χ1v) is 5.33. The Morgan fingerprint density at radius 3 is 2.62 bits per heavy atom. The van der Waals surface area contributed by atoms with Crippen LogP contribution in [-0.4, -0.2) is 41.6 Å². The van der Waals surface area contributed by atoms with Crippen molar-refractivity contribution >= 4 is 5.91 Å². The van der Waals surface area contributed by atoms with Crippen LogP contribution in [0.25, 0.3) is 0 Å². The van der Waals surface area contributed by atoms with E-state index in [1.807, 2.05) is 0 Å². The number of hydrogen-bond acceptors (Lipinski definition) is 5. The molecule has 0 aromatic carbocycles. The number of carbonyl (C=O) groups excluding carboxylic acids is 1. The van der Waals surface area contributed by atoms with Crippen LogP contribution in [0.5, 0.6) is 0 Å². The predicted octanol–water partition coefficient (Wildman–Crippen LogP) is -0.219. The fourth-order valence-electron chi connectivity index (χ4n) is 1.97. The molecule has 0 bridgehead atoms. The van der Waals surface area contributed by atoms with E-state index in [1.54, 1.807) is 11.8 Å². The van der Waals surface area contributed by atoms with Crippen molar-refractivity contribution in [2.45, 2.75) is 25.9 Å². The molecule has 1 amide bonds. The Labute approximate surface area is 93.6 Å². The lowest BCUT2D eigenvalue weighted by molar-refractivity contribution is -0.769. The summed E-state index contributed by atoms with van der Waals surface area (Å²) in [4.78, 5) is 27.7. The van der Waals surface area contributed by atoms with Crippen molar-refractivity contribution in [1.29, 1.82) is 0 Å². The highest BCUT2D eigenvalue weighted by Crippen LogP contribution is 2.22. The fraction of sp³-hybridized carbons (Fsp3) is 0.889. The number of hydrogen-bond donors (Lipinski definition) is 1. The van der Waals surface area contributed by atoms with Gasteiger partial charge in [-0.1, -0.05) is 0 Å². The van der Waals surface area contributed by atoms with Crippen LogP contribution in [0, 0.1) is 16.0 Å². The van der Waals surface area contributed by atoms with Gasteiger partial charge < -0.3 is 15.5 Å². The molecule has 0 spiro atoms. The number of carbonyl (C=O) groups is 1. The first-order valence-electron chi connectivity index (χ1n) is 5.33. The third kappa shape index (κ3) is 3.34. The summed E-state index contributed by atoms with van der Waals surface area (Å²) in [5, 5.41) is 9.41. The summed E-state index contributed by atoms with van der Waals surface area (Å²) in [6, 6.07) is 0. The first kappa shape index (κ1) is 12.7. The summed E-state index contributed by atoms with van der Waals surface area (Å²) < 4.78 is 0.